The van der Waals surface area contributed by atoms with Crippen LogP contribution in [0, 0.1) is 4.91 Å². The molecular weight excluding hydrogens is 168 g/mol. The second kappa shape index (κ2) is 4.47. The fourth-order valence-corrected chi connectivity index (χ4v) is 1.07. The first kappa shape index (κ1) is 9.54. The van der Waals surface area contributed by atoms with Gasteiger partial charge in [0.25, 0.3) is 0 Å². The van der Waals surface area contributed by atoms with Gasteiger partial charge < -0.3 is 10.5 Å². The second-order valence-corrected chi connectivity index (χ2v) is 2.72. The minimum absolute atomic E-state index is 0.347. The first-order valence-corrected chi connectivity index (χ1v) is 3.90. The van der Waals surface area contributed by atoms with Gasteiger partial charge in [-0.3, -0.25) is 0 Å². The van der Waals surface area contributed by atoms with Crippen LogP contribution >= 0.6 is 0 Å². The summed E-state index contributed by atoms with van der Waals surface area (Å²) in [4.78, 5) is 20.6. The summed E-state index contributed by atoms with van der Waals surface area (Å²) in [6.07, 6.45) is 1.01. The largest absolute Gasteiger partial charge is 0.321 e. The third-order valence-electron chi connectivity index (χ3n) is 1.72. The van der Waals surface area contributed by atoms with Crippen LogP contribution in [-0.4, -0.2) is 12.3 Å². The number of carbonyl (C=O) groups is 1. The minimum atomic E-state index is -0.567. The number of aldehydes is 1. The number of benzene rings is 1. The van der Waals surface area contributed by atoms with Crippen LogP contribution in [0.5, 0.6) is 0 Å². The Kier molecular flexibility index (Phi) is 3.28. The molecule has 1 atom stereocenters. The van der Waals surface area contributed by atoms with Crippen LogP contribution in [-0.2, 0) is 11.2 Å². The molecule has 0 aromatic heterocycles. The fourth-order valence-electron chi connectivity index (χ4n) is 1.07. The summed E-state index contributed by atoms with van der Waals surface area (Å²) >= 11 is 0. The zero-order chi connectivity index (χ0) is 9.68. The van der Waals surface area contributed by atoms with E-state index in [0.717, 1.165) is 0 Å². The number of nitroso groups, excluding NO2 is 1. The van der Waals surface area contributed by atoms with E-state index in [4.69, 9.17) is 5.73 Å². The smallest absolute Gasteiger partial charge is 0.137 e. The van der Waals surface area contributed by atoms with Gasteiger partial charge in [0.15, 0.2) is 0 Å². The lowest BCUT2D eigenvalue weighted by Gasteiger charge is -2.04. The molecule has 0 bridgehead atoms. The highest BCUT2D eigenvalue weighted by atomic mass is 16.3. The summed E-state index contributed by atoms with van der Waals surface area (Å²) in [6, 6.07) is 6.26. The Bertz CT molecular complexity index is 312. The van der Waals surface area contributed by atoms with Crippen LogP contribution in [0.3, 0.4) is 0 Å². The molecular formula is C9H10N2O2. The highest BCUT2D eigenvalue weighted by molar-refractivity contribution is 5.59. The SMILES string of the molecule is NC(C=O)Cc1ccccc1N=O. The van der Waals surface area contributed by atoms with Gasteiger partial charge in [-0.15, -0.1) is 4.91 Å². The number of carbonyl (C=O) groups excluding carboxylic acids is 1. The summed E-state index contributed by atoms with van der Waals surface area (Å²) < 4.78 is 0. The molecule has 0 aliphatic rings. The highest BCUT2D eigenvalue weighted by Gasteiger charge is 2.06. The molecule has 0 amide bonds. The molecule has 0 fully saturated rings. The van der Waals surface area contributed by atoms with Crippen molar-refractivity contribution < 1.29 is 4.79 Å². The van der Waals surface area contributed by atoms with Crippen molar-refractivity contribution in [3.63, 3.8) is 0 Å². The van der Waals surface area contributed by atoms with Gasteiger partial charge in [-0.05, 0) is 23.2 Å². The zero-order valence-corrected chi connectivity index (χ0v) is 7.01. The summed E-state index contributed by atoms with van der Waals surface area (Å²) in [5, 5.41) is 2.84. The lowest BCUT2D eigenvalue weighted by molar-refractivity contribution is -0.108. The van der Waals surface area contributed by atoms with Gasteiger partial charge in [-0.1, -0.05) is 18.2 Å². The molecule has 0 spiro atoms. The average Bonchev–Trinajstić information content (AvgIpc) is 2.18. The normalized spacial score (nSPS) is 12.1. The molecule has 4 heteroatoms. The van der Waals surface area contributed by atoms with Crippen LogP contribution in [0.2, 0.25) is 0 Å². The Morgan fingerprint density at radius 2 is 2.15 bits per heavy atom. The van der Waals surface area contributed by atoms with Gasteiger partial charge in [0.05, 0.1) is 6.04 Å². The van der Waals surface area contributed by atoms with Gasteiger partial charge in [-0.2, -0.15) is 0 Å². The van der Waals surface area contributed by atoms with E-state index in [1.807, 2.05) is 0 Å². The summed E-state index contributed by atoms with van der Waals surface area (Å²) in [7, 11) is 0. The molecule has 2 N–H and O–H groups in total. The first-order chi connectivity index (χ1) is 6.27. The van der Waals surface area contributed by atoms with Crippen LogP contribution in [0.1, 0.15) is 5.56 Å². The Morgan fingerprint density at radius 3 is 2.77 bits per heavy atom. The molecule has 1 unspecified atom stereocenters. The van der Waals surface area contributed by atoms with Crippen molar-refractivity contribution in [1.29, 1.82) is 0 Å². The van der Waals surface area contributed by atoms with E-state index in [-0.39, 0.29) is 0 Å². The molecule has 1 rings (SSSR count). The molecule has 13 heavy (non-hydrogen) atoms. The number of hydrogen-bond acceptors (Lipinski definition) is 4. The lowest BCUT2D eigenvalue weighted by atomic mass is 10.1. The molecule has 68 valence electrons. The molecule has 0 saturated carbocycles. The van der Waals surface area contributed by atoms with E-state index < -0.39 is 6.04 Å². The monoisotopic (exact) mass is 178 g/mol. The van der Waals surface area contributed by atoms with E-state index in [9.17, 15) is 9.70 Å². The van der Waals surface area contributed by atoms with Crippen molar-refractivity contribution in [2.45, 2.75) is 12.5 Å². The fraction of sp³-hybridized carbons (Fsp3) is 0.222. The summed E-state index contributed by atoms with van der Waals surface area (Å²) in [6.45, 7) is 0. The van der Waals surface area contributed by atoms with Crippen molar-refractivity contribution in [3.8, 4) is 0 Å². The number of nitrogens with zero attached hydrogens (tertiary/aromatic N) is 1. The van der Waals surface area contributed by atoms with Gasteiger partial charge >= 0.3 is 0 Å². The Morgan fingerprint density at radius 1 is 1.46 bits per heavy atom. The van der Waals surface area contributed by atoms with Crippen LogP contribution < -0.4 is 5.73 Å². The summed E-state index contributed by atoms with van der Waals surface area (Å²) in [5.74, 6) is 0. The maximum atomic E-state index is 10.3. The van der Waals surface area contributed by atoms with Crippen LogP contribution in [0.25, 0.3) is 0 Å². The average molecular weight is 178 g/mol. The molecule has 0 heterocycles. The summed E-state index contributed by atoms with van der Waals surface area (Å²) in [5.41, 5.74) is 6.47. The van der Waals surface area contributed by atoms with Crippen molar-refractivity contribution in [3.05, 3.63) is 34.7 Å². The van der Waals surface area contributed by atoms with E-state index in [0.29, 0.717) is 24.0 Å². The third-order valence-corrected chi connectivity index (χ3v) is 1.72. The van der Waals surface area contributed by atoms with Crippen molar-refractivity contribution in [1.82, 2.24) is 0 Å². The van der Waals surface area contributed by atoms with Gasteiger partial charge in [0.1, 0.15) is 12.0 Å². The number of nitrogens with two attached hydrogens (primary N) is 1. The van der Waals surface area contributed by atoms with E-state index >= 15 is 0 Å². The predicted molar refractivity (Wildman–Crippen MR) is 49.6 cm³/mol. The number of hydrogen-bond donors (Lipinski definition) is 1. The molecule has 0 aliphatic carbocycles. The van der Waals surface area contributed by atoms with Gasteiger partial charge in [0, 0.05) is 0 Å². The Balaban J connectivity index is 2.86. The van der Waals surface area contributed by atoms with Crippen molar-refractivity contribution in [2.75, 3.05) is 0 Å². The standard InChI is InChI=1S/C9H10N2O2/c10-8(6-12)5-7-3-1-2-4-9(7)11-13/h1-4,6,8H,5,10H2. The second-order valence-electron chi connectivity index (χ2n) is 2.72. The molecule has 1 aromatic carbocycles. The topological polar surface area (TPSA) is 72.5 Å². The van der Waals surface area contributed by atoms with Gasteiger partial charge in [-0.25, -0.2) is 0 Å². The molecule has 0 aliphatic heterocycles. The molecule has 4 nitrogen and oxygen atoms in total. The molecule has 0 radical (unpaired) electrons. The van der Waals surface area contributed by atoms with Crippen LogP contribution in [0.15, 0.2) is 29.4 Å². The highest BCUT2D eigenvalue weighted by Crippen LogP contribution is 2.18. The quantitative estimate of drug-likeness (QED) is 0.555. The predicted octanol–water partition coefficient (Wildman–Crippen LogP) is 1.15. The number of rotatable bonds is 4. The molecule has 1 aromatic rings. The Hall–Kier alpha value is -1.55. The molecule has 0 saturated heterocycles. The van der Waals surface area contributed by atoms with Crippen LogP contribution in [0.4, 0.5) is 5.69 Å². The lowest BCUT2D eigenvalue weighted by Crippen LogP contribution is -2.24. The van der Waals surface area contributed by atoms with E-state index in [2.05, 4.69) is 5.18 Å². The maximum Gasteiger partial charge on any atom is 0.137 e. The van der Waals surface area contributed by atoms with Gasteiger partial charge in [0.2, 0.25) is 0 Å². The van der Waals surface area contributed by atoms with Crippen molar-refractivity contribution in [2.24, 2.45) is 10.9 Å². The minimum Gasteiger partial charge on any atom is -0.321 e. The first-order valence-electron chi connectivity index (χ1n) is 3.90. The van der Waals surface area contributed by atoms with E-state index in [1.165, 1.54) is 0 Å². The maximum absolute atomic E-state index is 10.3. The Labute approximate surface area is 75.7 Å². The zero-order valence-electron chi connectivity index (χ0n) is 7.01. The van der Waals surface area contributed by atoms with E-state index in [1.54, 1.807) is 24.3 Å². The third kappa shape index (κ3) is 2.45. The van der Waals surface area contributed by atoms with Crippen molar-refractivity contribution >= 4 is 12.0 Å².